The number of carbonyl (C=O) groups is 1. The molecule has 0 saturated carbocycles. The van der Waals surface area contributed by atoms with Crippen molar-refractivity contribution in [2.45, 2.75) is 45.2 Å². The van der Waals surface area contributed by atoms with Gasteiger partial charge in [0.15, 0.2) is 0 Å². The molecule has 5 heteroatoms. The van der Waals surface area contributed by atoms with Gasteiger partial charge in [-0.1, -0.05) is 26.0 Å². The van der Waals surface area contributed by atoms with E-state index in [1.165, 1.54) is 12.1 Å². The number of halogens is 1. The maximum Gasteiger partial charge on any atom is 0.317 e. The number of rotatable bonds is 4. The van der Waals surface area contributed by atoms with E-state index >= 15 is 0 Å². The molecule has 4 nitrogen and oxygen atoms in total. The lowest BCUT2D eigenvalue weighted by molar-refractivity contribution is 0.164. The molecule has 3 saturated heterocycles. The highest BCUT2D eigenvalue weighted by Crippen LogP contribution is 2.21. The standard InChI is InChI=1S/C19H28FN3O/c1-14(2)18(13-15-3-5-16(20)6-4-15)21-19(24)23-12-11-22-9-7-17(23)8-10-22/h3-6,14,17-18H,7-13H2,1-2H3,(H,21,24). The summed E-state index contributed by atoms with van der Waals surface area (Å²) in [7, 11) is 0. The Hall–Kier alpha value is -1.62. The number of benzene rings is 1. The molecule has 3 heterocycles. The lowest BCUT2D eigenvalue weighted by Gasteiger charge is -2.33. The van der Waals surface area contributed by atoms with Gasteiger partial charge in [0.05, 0.1) is 0 Å². The number of carbonyl (C=O) groups excluding carboxylic acids is 1. The molecule has 1 unspecified atom stereocenters. The predicted molar refractivity (Wildman–Crippen MR) is 93.4 cm³/mol. The molecular formula is C19H28FN3O. The van der Waals surface area contributed by atoms with Gasteiger partial charge in [-0.25, -0.2) is 9.18 Å². The summed E-state index contributed by atoms with van der Waals surface area (Å²) >= 11 is 0. The van der Waals surface area contributed by atoms with Crippen LogP contribution in [0.15, 0.2) is 24.3 Å². The molecule has 0 aromatic heterocycles. The molecule has 1 atom stereocenters. The SMILES string of the molecule is CC(C)C(Cc1ccc(F)cc1)NC(=O)N1CCN2CCC1CC2. The van der Waals surface area contributed by atoms with E-state index in [4.69, 9.17) is 0 Å². The summed E-state index contributed by atoms with van der Waals surface area (Å²) in [6.45, 7) is 8.25. The summed E-state index contributed by atoms with van der Waals surface area (Å²) in [5, 5.41) is 3.23. The Balaban J connectivity index is 1.64. The fraction of sp³-hybridized carbons (Fsp3) is 0.632. The number of nitrogens with zero attached hydrogens (tertiary/aromatic N) is 2. The molecule has 3 aliphatic rings. The second-order valence-electron chi connectivity index (χ2n) is 7.40. The highest BCUT2D eigenvalue weighted by molar-refractivity contribution is 5.75. The van der Waals surface area contributed by atoms with Crippen molar-refractivity contribution in [2.24, 2.45) is 5.92 Å². The minimum Gasteiger partial charge on any atom is -0.335 e. The van der Waals surface area contributed by atoms with Crippen molar-refractivity contribution >= 4 is 6.03 Å². The van der Waals surface area contributed by atoms with Gasteiger partial charge in [-0.05, 0) is 42.9 Å². The quantitative estimate of drug-likeness (QED) is 0.920. The van der Waals surface area contributed by atoms with Gasteiger partial charge in [0, 0.05) is 38.3 Å². The summed E-state index contributed by atoms with van der Waals surface area (Å²) < 4.78 is 13.1. The molecule has 2 amide bonds. The first-order chi connectivity index (χ1) is 11.5. The molecule has 4 rings (SSSR count). The van der Waals surface area contributed by atoms with Crippen molar-refractivity contribution < 1.29 is 9.18 Å². The van der Waals surface area contributed by atoms with Crippen LogP contribution in [0.1, 0.15) is 32.3 Å². The first-order valence-corrected chi connectivity index (χ1v) is 9.07. The summed E-state index contributed by atoms with van der Waals surface area (Å²) in [5.74, 6) is 0.102. The third-order valence-electron chi connectivity index (χ3n) is 5.40. The van der Waals surface area contributed by atoms with Crippen molar-refractivity contribution in [3.63, 3.8) is 0 Å². The van der Waals surface area contributed by atoms with Gasteiger partial charge in [0.1, 0.15) is 5.82 Å². The van der Waals surface area contributed by atoms with Gasteiger partial charge in [-0.15, -0.1) is 0 Å². The van der Waals surface area contributed by atoms with Crippen molar-refractivity contribution in [3.8, 4) is 0 Å². The van der Waals surface area contributed by atoms with Crippen LogP contribution in [0.5, 0.6) is 0 Å². The molecule has 24 heavy (non-hydrogen) atoms. The first-order valence-electron chi connectivity index (χ1n) is 9.07. The van der Waals surface area contributed by atoms with Crippen LogP contribution >= 0.6 is 0 Å². The smallest absolute Gasteiger partial charge is 0.317 e. The number of hydrogen-bond donors (Lipinski definition) is 1. The molecule has 0 spiro atoms. The average Bonchev–Trinajstić information content (AvgIpc) is 2.90. The lowest BCUT2D eigenvalue weighted by Crippen LogP contribution is -2.51. The number of amides is 2. The van der Waals surface area contributed by atoms with Gasteiger partial charge in [-0.2, -0.15) is 0 Å². The number of fused-ring (bicyclic) bond motifs is 4. The zero-order valence-electron chi connectivity index (χ0n) is 14.7. The van der Waals surface area contributed by atoms with Crippen LogP contribution < -0.4 is 5.32 Å². The van der Waals surface area contributed by atoms with Crippen LogP contribution in [-0.2, 0) is 6.42 Å². The second-order valence-corrected chi connectivity index (χ2v) is 7.40. The fourth-order valence-electron chi connectivity index (χ4n) is 3.72. The van der Waals surface area contributed by atoms with E-state index < -0.39 is 0 Å². The monoisotopic (exact) mass is 333 g/mol. The Labute approximate surface area is 144 Å². The summed E-state index contributed by atoms with van der Waals surface area (Å²) in [6, 6.07) is 7.07. The van der Waals surface area contributed by atoms with E-state index in [0.29, 0.717) is 12.0 Å². The van der Waals surface area contributed by atoms with Gasteiger partial charge in [-0.3, -0.25) is 0 Å². The minimum absolute atomic E-state index is 0.0590. The minimum atomic E-state index is -0.223. The maximum atomic E-state index is 13.1. The third-order valence-corrected chi connectivity index (χ3v) is 5.40. The number of nitrogens with one attached hydrogen (secondary N) is 1. The number of piperidine rings is 1. The summed E-state index contributed by atoms with van der Waals surface area (Å²) in [4.78, 5) is 17.3. The highest BCUT2D eigenvalue weighted by atomic mass is 19.1. The Bertz CT molecular complexity index is 552. The van der Waals surface area contributed by atoms with Crippen molar-refractivity contribution in [1.29, 1.82) is 0 Å². The molecular weight excluding hydrogens is 305 g/mol. The summed E-state index contributed by atoms with van der Waals surface area (Å²) in [5.41, 5.74) is 1.05. The molecule has 0 radical (unpaired) electrons. The maximum absolute atomic E-state index is 13.1. The van der Waals surface area contributed by atoms with Gasteiger partial charge in [0.25, 0.3) is 0 Å². The predicted octanol–water partition coefficient (Wildman–Crippen LogP) is 2.88. The lowest BCUT2D eigenvalue weighted by atomic mass is 9.96. The normalized spacial score (nSPS) is 24.8. The van der Waals surface area contributed by atoms with E-state index in [2.05, 4.69) is 24.1 Å². The van der Waals surface area contributed by atoms with E-state index in [-0.39, 0.29) is 17.9 Å². The third kappa shape index (κ3) is 4.07. The topological polar surface area (TPSA) is 35.6 Å². The molecule has 132 valence electrons. The van der Waals surface area contributed by atoms with Crippen LogP contribution in [0.4, 0.5) is 9.18 Å². The van der Waals surface area contributed by atoms with Crippen LogP contribution in [0.25, 0.3) is 0 Å². The number of hydrogen-bond acceptors (Lipinski definition) is 2. The van der Waals surface area contributed by atoms with Crippen molar-refractivity contribution in [1.82, 2.24) is 15.1 Å². The Morgan fingerprint density at radius 3 is 2.46 bits per heavy atom. The van der Waals surface area contributed by atoms with E-state index in [0.717, 1.165) is 51.0 Å². The number of urea groups is 1. The van der Waals surface area contributed by atoms with E-state index in [9.17, 15) is 9.18 Å². The molecule has 3 fully saturated rings. The largest absolute Gasteiger partial charge is 0.335 e. The van der Waals surface area contributed by atoms with E-state index in [1.54, 1.807) is 12.1 Å². The Morgan fingerprint density at radius 2 is 1.83 bits per heavy atom. The van der Waals surface area contributed by atoms with Gasteiger partial charge >= 0.3 is 6.03 Å². The average molecular weight is 333 g/mol. The molecule has 0 aliphatic carbocycles. The van der Waals surface area contributed by atoms with Crippen LogP contribution in [0.3, 0.4) is 0 Å². The highest BCUT2D eigenvalue weighted by Gasteiger charge is 2.32. The fourth-order valence-corrected chi connectivity index (χ4v) is 3.72. The zero-order chi connectivity index (χ0) is 17.1. The zero-order valence-corrected chi connectivity index (χ0v) is 14.7. The van der Waals surface area contributed by atoms with Crippen LogP contribution in [0.2, 0.25) is 0 Å². The first kappa shape index (κ1) is 17.2. The van der Waals surface area contributed by atoms with Crippen LogP contribution in [0, 0.1) is 11.7 Å². The Morgan fingerprint density at radius 1 is 1.17 bits per heavy atom. The Kier molecular flexibility index (Phi) is 5.39. The molecule has 1 aromatic rings. The molecule has 3 aliphatic heterocycles. The van der Waals surface area contributed by atoms with Crippen molar-refractivity contribution in [3.05, 3.63) is 35.6 Å². The van der Waals surface area contributed by atoms with Gasteiger partial charge in [0.2, 0.25) is 0 Å². The molecule has 1 aromatic carbocycles. The molecule has 2 bridgehead atoms. The van der Waals surface area contributed by atoms with Gasteiger partial charge < -0.3 is 15.1 Å². The van der Waals surface area contributed by atoms with E-state index in [1.807, 2.05) is 4.90 Å². The molecule has 1 N–H and O–H groups in total. The van der Waals surface area contributed by atoms with Crippen molar-refractivity contribution in [2.75, 3.05) is 26.2 Å². The van der Waals surface area contributed by atoms with Crippen LogP contribution in [-0.4, -0.2) is 54.1 Å². The second kappa shape index (κ2) is 7.51. The summed E-state index contributed by atoms with van der Waals surface area (Å²) in [6.07, 6.45) is 2.89.